The van der Waals surface area contributed by atoms with Crippen LogP contribution in [0.4, 0.5) is 5.69 Å². The Morgan fingerprint density at radius 1 is 1.53 bits per heavy atom. The summed E-state index contributed by atoms with van der Waals surface area (Å²) in [5.41, 5.74) is 7.87. The molecular formula is C14H16N4O. The number of amides is 1. The number of fused-ring (bicyclic) bond motifs is 1. The minimum absolute atomic E-state index is 0.0744. The third-order valence-electron chi connectivity index (χ3n) is 3.10. The fourth-order valence-corrected chi connectivity index (χ4v) is 2.07. The highest BCUT2D eigenvalue weighted by atomic mass is 16.2. The Hall–Kier alpha value is -2.48. The minimum Gasteiger partial charge on any atom is -0.399 e. The summed E-state index contributed by atoms with van der Waals surface area (Å²) >= 11 is 0. The number of aromatic nitrogens is 1. The molecule has 0 unspecified atom stereocenters. The predicted octanol–water partition coefficient (Wildman–Crippen LogP) is 2.13. The first-order chi connectivity index (χ1) is 9.17. The van der Waals surface area contributed by atoms with E-state index in [1.807, 2.05) is 13.0 Å². The molecule has 0 bridgehead atoms. The Bertz CT molecular complexity index is 638. The normalized spacial score (nSPS) is 10.3. The van der Waals surface area contributed by atoms with Gasteiger partial charge in [-0.3, -0.25) is 4.79 Å². The van der Waals surface area contributed by atoms with Crippen molar-refractivity contribution >= 4 is 22.5 Å². The molecule has 1 aromatic carbocycles. The fourth-order valence-electron chi connectivity index (χ4n) is 2.07. The van der Waals surface area contributed by atoms with Crippen molar-refractivity contribution in [1.29, 1.82) is 5.26 Å². The number of nitrogens with zero attached hydrogens (tertiary/aromatic N) is 2. The molecule has 5 nitrogen and oxygen atoms in total. The van der Waals surface area contributed by atoms with Crippen LogP contribution in [0.2, 0.25) is 0 Å². The number of aromatic amines is 1. The third-order valence-corrected chi connectivity index (χ3v) is 3.10. The average Bonchev–Trinajstić information content (AvgIpc) is 2.82. The monoisotopic (exact) mass is 256 g/mol. The number of nitriles is 1. The number of benzene rings is 1. The largest absolute Gasteiger partial charge is 0.399 e. The summed E-state index contributed by atoms with van der Waals surface area (Å²) in [6.45, 7) is 2.93. The number of nitrogens with two attached hydrogens (primary N) is 1. The van der Waals surface area contributed by atoms with Gasteiger partial charge in [-0.2, -0.15) is 5.26 Å². The minimum atomic E-state index is -0.0744. The van der Waals surface area contributed by atoms with Crippen LogP contribution in [0.5, 0.6) is 0 Å². The molecule has 0 saturated carbocycles. The molecule has 2 rings (SSSR count). The van der Waals surface area contributed by atoms with E-state index in [-0.39, 0.29) is 5.91 Å². The molecule has 0 spiro atoms. The standard InChI is InChI=1S/C14H16N4O/c1-2-18(7-3-6-15)14(19)12-9-17-13-5-4-10(16)8-11(12)13/h4-5,8-9,17H,2-3,7,16H2,1H3. The molecule has 5 heteroatoms. The average molecular weight is 256 g/mol. The van der Waals surface area contributed by atoms with E-state index in [0.717, 1.165) is 10.9 Å². The highest BCUT2D eigenvalue weighted by Gasteiger charge is 2.17. The highest BCUT2D eigenvalue weighted by molar-refractivity contribution is 6.07. The molecule has 98 valence electrons. The predicted molar refractivity (Wildman–Crippen MR) is 74.5 cm³/mol. The van der Waals surface area contributed by atoms with E-state index < -0.39 is 0 Å². The van der Waals surface area contributed by atoms with E-state index in [9.17, 15) is 4.79 Å². The van der Waals surface area contributed by atoms with E-state index in [4.69, 9.17) is 11.0 Å². The van der Waals surface area contributed by atoms with Crippen LogP contribution < -0.4 is 5.73 Å². The summed E-state index contributed by atoms with van der Waals surface area (Å²) in [5.74, 6) is -0.0744. The van der Waals surface area contributed by atoms with Gasteiger partial charge in [0.1, 0.15) is 0 Å². The van der Waals surface area contributed by atoms with Crippen molar-refractivity contribution in [2.75, 3.05) is 18.8 Å². The summed E-state index contributed by atoms with van der Waals surface area (Å²) in [5, 5.41) is 9.44. The van der Waals surface area contributed by atoms with Crippen molar-refractivity contribution in [3.8, 4) is 6.07 Å². The Balaban J connectivity index is 2.35. The summed E-state index contributed by atoms with van der Waals surface area (Å²) in [4.78, 5) is 17.1. The number of nitrogen functional groups attached to an aromatic ring is 1. The van der Waals surface area contributed by atoms with E-state index in [2.05, 4.69) is 11.1 Å². The van der Waals surface area contributed by atoms with E-state index in [1.54, 1.807) is 23.2 Å². The molecule has 19 heavy (non-hydrogen) atoms. The number of hydrogen-bond donors (Lipinski definition) is 2. The zero-order chi connectivity index (χ0) is 13.8. The molecule has 0 atom stereocenters. The molecule has 0 aliphatic carbocycles. The van der Waals surface area contributed by atoms with Crippen LogP contribution in [0.3, 0.4) is 0 Å². The van der Waals surface area contributed by atoms with Crippen LogP contribution in [0, 0.1) is 11.3 Å². The van der Waals surface area contributed by atoms with Crippen molar-refractivity contribution in [1.82, 2.24) is 9.88 Å². The topological polar surface area (TPSA) is 85.9 Å². The molecule has 1 aromatic heterocycles. The molecule has 1 heterocycles. The van der Waals surface area contributed by atoms with Crippen molar-refractivity contribution in [3.63, 3.8) is 0 Å². The molecule has 3 N–H and O–H groups in total. The fraction of sp³-hybridized carbons (Fsp3) is 0.286. The first-order valence-electron chi connectivity index (χ1n) is 6.20. The molecule has 0 fully saturated rings. The Morgan fingerprint density at radius 3 is 3.00 bits per heavy atom. The smallest absolute Gasteiger partial charge is 0.256 e. The van der Waals surface area contributed by atoms with Gasteiger partial charge in [0.15, 0.2) is 0 Å². The second-order valence-electron chi connectivity index (χ2n) is 4.30. The third kappa shape index (κ3) is 2.52. The van der Waals surface area contributed by atoms with Gasteiger partial charge >= 0.3 is 0 Å². The number of hydrogen-bond acceptors (Lipinski definition) is 3. The zero-order valence-corrected chi connectivity index (χ0v) is 10.8. The number of carbonyl (C=O) groups excluding carboxylic acids is 1. The lowest BCUT2D eigenvalue weighted by Gasteiger charge is -2.19. The number of H-pyrrole nitrogens is 1. The SMILES string of the molecule is CCN(CCC#N)C(=O)c1c[nH]c2ccc(N)cc12. The number of rotatable bonds is 4. The number of anilines is 1. The first kappa shape index (κ1) is 13.0. The summed E-state index contributed by atoms with van der Waals surface area (Å²) in [6.07, 6.45) is 2.03. The summed E-state index contributed by atoms with van der Waals surface area (Å²) in [6, 6.07) is 7.49. The van der Waals surface area contributed by atoms with Gasteiger partial charge in [0, 0.05) is 35.9 Å². The van der Waals surface area contributed by atoms with Crippen LogP contribution in [0.25, 0.3) is 10.9 Å². The highest BCUT2D eigenvalue weighted by Crippen LogP contribution is 2.22. The number of carbonyl (C=O) groups is 1. The van der Waals surface area contributed by atoms with Crippen LogP contribution >= 0.6 is 0 Å². The summed E-state index contributed by atoms with van der Waals surface area (Å²) in [7, 11) is 0. The molecule has 0 aliphatic rings. The maximum atomic E-state index is 12.4. The first-order valence-corrected chi connectivity index (χ1v) is 6.20. The molecule has 2 aromatic rings. The van der Waals surface area contributed by atoms with E-state index in [0.29, 0.717) is 30.8 Å². The van der Waals surface area contributed by atoms with Gasteiger partial charge in [0.2, 0.25) is 0 Å². The lowest BCUT2D eigenvalue weighted by atomic mass is 10.1. The Morgan fingerprint density at radius 2 is 2.32 bits per heavy atom. The maximum absolute atomic E-state index is 12.4. The van der Waals surface area contributed by atoms with Crippen LogP contribution in [0.1, 0.15) is 23.7 Å². The number of nitrogens with one attached hydrogen (secondary N) is 1. The van der Waals surface area contributed by atoms with Crippen LogP contribution in [0.15, 0.2) is 24.4 Å². The maximum Gasteiger partial charge on any atom is 0.256 e. The molecule has 1 amide bonds. The summed E-state index contributed by atoms with van der Waals surface area (Å²) < 4.78 is 0. The Kier molecular flexibility index (Phi) is 3.71. The molecular weight excluding hydrogens is 240 g/mol. The van der Waals surface area contributed by atoms with Gasteiger partial charge < -0.3 is 15.6 Å². The van der Waals surface area contributed by atoms with E-state index in [1.165, 1.54) is 0 Å². The van der Waals surface area contributed by atoms with Crippen molar-refractivity contribution in [2.45, 2.75) is 13.3 Å². The van der Waals surface area contributed by atoms with E-state index >= 15 is 0 Å². The lowest BCUT2D eigenvalue weighted by Crippen LogP contribution is -2.31. The van der Waals surface area contributed by atoms with Gasteiger partial charge in [-0.1, -0.05) is 0 Å². The molecule has 0 radical (unpaired) electrons. The van der Waals surface area contributed by atoms with Gasteiger partial charge in [0.05, 0.1) is 18.1 Å². The quantitative estimate of drug-likeness (QED) is 0.821. The molecule has 0 aliphatic heterocycles. The van der Waals surface area contributed by atoms with Crippen molar-refractivity contribution in [2.24, 2.45) is 0 Å². The van der Waals surface area contributed by atoms with Gasteiger partial charge in [0.25, 0.3) is 5.91 Å². The van der Waals surface area contributed by atoms with Crippen LogP contribution in [-0.2, 0) is 0 Å². The van der Waals surface area contributed by atoms with Gasteiger partial charge in [-0.25, -0.2) is 0 Å². The van der Waals surface area contributed by atoms with Crippen LogP contribution in [-0.4, -0.2) is 28.9 Å². The van der Waals surface area contributed by atoms with Gasteiger partial charge in [-0.15, -0.1) is 0 Å². The Labute approximate surface area is 111 Å². The lowest BCUT2D eigenvalue weighted by molar-refractivity contribution is 0.0770. The van der Waals surface area contributed by atoms with Gasteiger partial charge in [-0.05, 0) is 25.1 Å². The second-order valence-corrected chi connectivity index (χ2v) is 4.30. The zero-order valence-electron chi connectivity index (χ0n) is 10.8. The molecule has 0 saturated heterocycles. The second kappa shape index (κ2) is 5.44. The van der Waals surface area contributed by atoms with Crippen molar-refractivity contribution in [3.05, 3.63) is 30.0 Å². The van der Waals surface area contributed by atoms with Crippen molar-refractivity contribution < 1.29 is 4.79 Å².